The zero-order chi connectivity index (χ0) is 28.3. The summed E-state index contributed by atoms with van der Waals surface area (Å²) < 4.78 is 46.5. The van der Waals surface area contributed by atoms with Crippen LogP contribution in [0.1, 0.15) is 54.3 Å². The molecule has 0 spiro atoms. The molecule has 1 unspecified atom stereocenters. The number of nitrogens with one attached hydrogen (secondary N) is 1. The van der Waals surface area contributed by atoms with E-state index in [1.54, 1.807) is 36.6 Å². The topological polar surface area (TPSA) is 106 Å². The number of aromatic nitrogens is 4. The van der Waals surface area contributed by atoms with E-state index in [9.17, 15) is 22.8 Å². The molecule has 1 aliphatic carbocycles. The minimum Gasteiger partial charge on any atom is -0.458 e. The molecule has 1 aromatic carbocycles. The predicted octanol–water partition coefficient (Wildman–Crippen LogP) is 5.55. The Kier molecular flexibility index (Phi) is 8.01. The Labute approximate surface area is 232 Å². The highest BCUT2D eigenvalue weighted by molar-refractivity contribution is 7.10. The highest BCUT2D eigenvalue weighted by Gasteiger charge is 2.37. The van der Waals surface area contributed by atoms with E-state index in [1.807, 2.05) is 0 Å². The Balaban J connectivity index is 1.51. The van der Waals surface area contributed by atoms with Gasteiger partial charge in [-0.05, 0) is 66.8 Å². The summed E-state index contributed by atoms with van der Waals surface area (Å²) >= 11 is 1.24. The average Bonchev–Trinajstić information content (AvgIpc) is 3.70. The molecule has 1 aliphatic rings. The monoisotopic (exact) mass is 572 g/mol. The lowest BCUT2D eigenvalue weighted by molar-refractivity contribution is -0.137. The number of aryl methyl sites for hydroxylation is 1. The van der Waals surface area contributed by atoms with Gasteiger partial charge in [0.15, 0.2) is 5.76 Å². The van der Waals surface area contributed by atoms with Gasteiger partial charge >= 0.3 is 6.18 Å². The van der Waals surface area contributed by atoms with Gasteiger partial charge in [-0.1, -0.05) is 31.4 Å². The minimum atomic E-state index is -4.64. The lowest BCUT2D eigenvalue weighted by Gasteiger charge is -2.33. The number of tetrazole rings is 1. The zero-order valence-electron chi connectivity index (χ0n) is 21.6. The van der Waals surface area contributed by atoms with E-state index in [-0.39, 0.29) is 17.6 Å². The second-order valence-corrected chi connectivity index (χ2v) is 10.6. The SMILES string of the molecule is Cc1ccc(-c2nnn(CC(=O)N(c3cccc(C(F)(F)F)c3)C(C(=O)NC3CCCCC3)c3cccs3)n2)o1. The molecule has 1 saturated carbocycles. The van der Waals surface area contributed by atoms with Crippen LogP contribution in [-0.2, 0) is 22.3 Å². The maximum absolute atomic E-state index is 13.9. The van der Waals surface area contributed by atoms with E-state index >= 15 is 0 Å². The van der Waals surface area contributed by atoms with Crippen molar-refractivity contribution in [3.05, 3.63) is 70.1 Å². The Hall–Kier alpha value is -4.00. The molecular formula is C27H27F3N6O3S. The van der Waals surface area contributed by atoms with Crippen molar-refractivity contribution in [3.63, 3.8) is 0 Å². The number of halogens is 3. The van der Waals surface area contributed by atoms with Crippen LogP contribution in [0.4, 0.5) is 18.9 Å². The number of hydrogen-bond donors (Lipinski definition) is 1. The predicted molar refractivity (Wildman–Crippen MR) is 141 cm³/mol. The van der Waals surface area contributed by atoms with Crippen LogP contribution in [0, 0.1) is 6.92 Å². The molecule has 4 aromatic rings. The van der Waals surface area contributed by atoms with Crippen molar-refractivity contribution in [1.29, 1.82) is 0 Å². The van der Waals surface area contributed by atoms with Crippen molar-refractivity contribution in [2.24, 2.45) is 0 Å². The van der Waals surface area contributed by atoms with Crippen molar-refractivity contribution in [2.75, 3.05) is 4.90 Å². The fraction of sp³-hybridized carbons (Fsp3) is 0.370. The molecule has 9 nitrogen and oxygen atoms in total. The summed E-state index contributed by atoms with van der Waals surface area (Å²) in [5, 5.41) is 16.8. The standard InChI is InChI=1S/C27H27F3N6O3S/c1-17-12-13-21(39-17)25-32-34-35(33-25)16-23(37)36(20-10-5-7-18(15-20)27(28,29)30)24(22-11-6-14-40-22)26(38)31-19-8-3-2-4-9-19/h5-7,10-15,19,24H,2-4,8-9,16H2,1H3,(H,31,38). The minimum absolute atomic E-state index is 0.0704. The highest BCUT2D eigenvalue weighted by atomic mass is 32.1. The van der Waals surface area contributed by atoms with Crippen LogP contribution in [0.25, 0.3) is 11.6 Å². The van der Waals surface area contributed by atoms with Gasteiger partial charge in [-0.15, -0.1) is 21.5 Å². The Morgan fingerprint density at radius 2 is 1.95 bits per heavy atom. The van der Waals surface area contributed by atoms with Gasteiger partial charge < -0.3 is 9.73 Å². The molecule has 0 saturated heterocycles. The number of benzene rings is 1. The molecule has 3 aromatic heterocycles. The number of amides is 2. The van der Waals surface area contributed by atoms with Crippen molar-refractivity contribution < 1.29 is 27.2 Å². The molecule has 1 N–H and O–H groups in total. The summed E-state index contributed by atoms with van der Waals surface area (Å²) in [6.07, 6.45) is -0.00548. The van der Waals surface area contributed by atoms with Gasteiger partial charge in [-0.25, -0.2) is 0 Å². The smallest absolute Gasteiger partial charge is 0.416 e. The van der Waals surface area contributed by atoms with Crippen LogP contribution in [0.2, 0.25) is 0 Å². The summed E-state index contributed by atoms with van der Waals surface area (Å²) in [5.41, 5.74) is -1.01. The van der Waals surface area contributed by atoms with E-state index in [2.05, 4.69) is 20.7 Å². The fourth-order valence-corrected chi connectivity index (χ4v) is 5.59. The second-order valence-electron chi connectivity index (χ2n) is 9.63. The summed E-state index contributed by atoms with van der Waals surface area (Å²) in [4.78, 5) is 30.3. The van der Waals surface area contributed by atoms with Crippen LogP contribution in [0.5, 0.6) is 0 Å². The largest absolute Gasteiger partial charge is 0.458 e. The first-order valence-corrected chi connectivity index (χ1v) is 13.7. The number of anilines is 1. The molecule has 1 fully saturated rings. The van der Waals surface area contributed by atoms with Crippen LogP contribution in [0.3, 0.4) is 0 Å². The number of furan rings is 1. The van der Waals surface area contributed by atoms with E-state index in [4.69, 9.17) is 4.42 Å². The number of carbonyl (C=O) groups excluding carboxylic acids is 2. The summed E-state index contributed by atoms with van der Waals surface area (Å²) in [5.74, 6) is 0.000966. The molecule has 13 heteroatoms. The third-order valence-electron chi connectivity index (χ3n) is 6.68. The van der Waals surface area contributed by atoms with Gasteiger partial charge in [0.05, 0.1) is 5.56 Å². The van der Waals surface area contributed by atoms with Gasteiger partial charge in [0.25, 0.3) is 5.91 Å². The molecule has 210 valence electrons. The highest BCUT2D eigenvalue weighted by Crippen LogP contribution is 2.36. The first kappa shape index (κ1) is 27.6. The molecule has 0 bridgehead atoms. The van der Waals surface area contributed by atoms with E-state index in [0.717, 1.165) is 53.9 Å². The Morgan fingerprint density at radius 1 is 1.15 bits per heavy atom. The quantitative estimate of drug-likeness (QED) is 0.297. The molecule has 5 rings (SSSR count). The van der Waals surface area contributed by atoms with Gasteiger partial charge in [0.2, 0.25) is 11.7 Å². The average molecular weight is 573 g/mol. The van der Waals surface area contributed by atoms with Crippen molar-refractivity contribution in [3.8, 4) is 11.6 Å². The van der Waals surface area contributed by atoms with Crippen LogP contribution in [-0.4, -0.2) is 38.1 Å². The number of rotatable bonds is 8. The van der Waals surface area contributed by atoms with E-state index < -0.39 is 36.1 Å². The van der Waals surface area contributed by atoms with Gasteiger partial charge in [0, 0.05) is 16.6 Å². The first-order valence-electron chi connectivity index (χ1n) is 12.9. The molecule has 0 aliphatic heterocycles. The summed E-state index contributed by atoms with van der Waals surface area (Å²) in [6.45, 7) is 1.29. The lowest BCUT2D eigenvalue weighted by Crippen LogP contribution is -2.48. The van der Waals surface area contributed by atoms with Crippen LogP contribution >= 0.6 is 11.3 Å². The molecule has 40 heavy (non-hydrogen) atoms. The fourth-order valence-electron chi connectivity index (χ4n) is 4.78. The van der Waals surface area contributed by atoms with E-state index in [0.29, 0.717) is 16.4 Å². The maximum atomic E-state index is 13.9. The lowest BCUT2D eigenvalue weighted by atomic mass is 9.95. The third-order valence-corrected chi connectivity index (χ3v) is 7.61. The number of nitrogens with zero attached hydrogens (tertiary/aromatic N) is 5. The van der Waals surface area contributed by atoms with Crippen molar-refractivity contribution in [2.45, 2.75) is 63.8 Å². The number of carbonyl (C=O) groups is 2. The van der Waals surface area contributed by atoms with Crippen molar-refractivity contribution in [1.82, 2.24) is 25.5 Å². The number of alkyl halides is 3. The van der Waals surface area contributed by atoms with E-state index in [1.165, 1.54) is 23.5 Å². The first-order chi connectivity index (χ1) is 19.2. The Bertz CT molecular complexity index is 1460. The molecule has 3 heterocycles. The molecule has 1 atom stereocenters. The zero-order valence-corrected chi connectivity index (χ0v) is 22.4. The van der Waals surface area contributed by atoms with Crippen LogP contribution in [0.15, 0.2) is 58.3 Å². The molecule has 0 radical (unpaired) electrons. The molecular weight excluding hydrogens is 545 g/mol. The summed E-state index contributed by atoms with van der Waals surface area (Å²) in [6, 6.07) is 9.93. The number of thiophene rings is 1. The maximum Gasteiger partial charge on any atom is 0.416 e. The van der Waals surface area contributed by atoms with Gasteiger partial charge in [-0.3, -0.25) is 14.5 Å². The van der Waals surface area contributed by atoms with Crippen LogP contribution < -0.4 is 10.2 Å². The second kappa shape index (κ2) is 11.6. The number of hydrogen-bond acceptors (Lipinski definition) is 7. The van der Waals surface area contributed by atoms with Crippen molar-refractivity contribution >= 4 is 28.8 Å². The van der Waals surface area contributed by atoms with Gasteiger partial charge in [0.1, 0.15) is 18.3 Å². The third kappa shape index (κ3) is 6.24. The summed E-state index contributed by atoms with van der Waals surface area (Å²) in [7, 11) is 0. The Morgan fingerprint density at radius 3 is 2.62 bits per heavy atom. The normalized spacial score (nSPS) is 15.1. The van der Waals surface area contributed by atoms with Gasteiger partial charge in [-0.2, -0.15) is 18.0 Å². The molecule has 2 amide bonds.